The van der Waals surface area contributed by atoms with E-state index in [1.807, 2.05) is 12.1 Å². The zero-order valence-corrected chi connectivity index (χ0v) is 14.0. The third-order valence-corrected chi connectivity index (χ3v) is 5.52. The molecule has 1 N–H and O–H groups in total. The first-order valence-corrected chi connectivity index (χ1v) is 8.21. The van der Waals surface area contributed by atoms with Crippen molar-refractivity contribution in [2.24, 2.45) is 5.92 Å². The van der Waals surface area contributed by atoms with E-state index in [1.54, 1.807) is 0 Å². The molecule has 19 heavy (non-hydrogen) atoms. The molecule has 0 amide bonds. The van der Waals surface area contributed by atoms with Crippen LogP contribution in [0.3, 0.4) is 0 Å². The van der Waals surface area contributed by atoms with Gasteiger partial charge in [-0.05, 0) is 73.4 Å². The molecule has 0 aliphatic carbocycles. The highest BCUT2D eigenvalue weighted by molar-refractivity contribution is 9.10. The van der Waals surface area contributed by atoms with Crippen LogP contribution in [-0.4, -0.2) is 30.6 Å². The minimum Gasteiger partial charge on any atom is -0.381 e. The van der Waals surface area contributed by atoms with Crippen LogP contribution < -0.4 is 5.32 Å². The fourth-order valence-corrected chi connectivity index (χ4v) is 3.30. The quantitative estimate of drug-likeness (QED) is 0.855. The number of nitrogens with zero attached hydrogens (tertiary/aromatic N) is 1. The number of nitrogens with one attached hydrogen (secondary N) is 1. The Morgan fingerprint density at radius 3 is 2.74 bits per heavy atom. The summed E-state index contributed by atoms with van der Waals surface area (Å²) in [6.45, 7) is 8.15. The van der Waals surface area contributed by atoms with Crippen LogP contribution in [0.25, 0.3) is 0 Å². The predicted molar refractivity (Wildman–Crippen MR) is 87.1 cm³/mol. The summed E-state index contributed by atoms with van der Waals surface area (Å²) in [5, 5.41) is 4.37. The van der Waals surface area contributed by atoms with E-state index >= 15 is 0 Å². The highest BCUT2D eigenvalue weighted by Gasteiger charge is 2.23. The Hall–Kier alpha value is -0.250. The molecule has 0 radical (unpaired) electrons. The largest absolute Gasteiger partial charge is 0.381 e. The van der Waals surface area contributed by atoms with E-state index in [0.717, 1.165) is 21.1 Å². The molecule has 1 fully saturated rings. The second-order valence-electron chi connectivity index (χ2n) is 5.31. The smallest absolute Gasteiger partial charge is 0.0593 e. The third kappa shape index (κ3) is 3.87. The number of likely N-dealkylation sites (tertiary alicyclic amines) is 1. The summed E-state index contributed by atoms with van der Waals surface area (Å²) in [6.07, 6.45) is 2.56. The van der Waals surface area contributed by atoms with E-state index in [9.17, 15) is 0 Å². The van der Waals surface area contributed by atoms with Crippen molar-refractivity contribution in [3.05, 3.63) is 27.7 Å². The van der Waals surface area contributed by atoms with Crippen LogP contribution in [0.5, 0.6) is 0 Å². The van der Waals surface area contributed by atoms with Crippen molar-refractivity contribution in [1.29, 1.82) is 0 Å². The SMILES string of the molecule is CCN1CCC(C(C)Nc2cccc(Cl)c2Br)CC1. The molecular weight excluding hydrogens is 324 g/mol. The van der Waals surface area contributed by atoms with E-state index in [0.29, 0.717) is 6.04 Å². The van der Waals surface area contributed by atoms with Crippen LogP contribution in [0.15, 0.2) is 22.7 Å². The first kappa shape index (κ1) is 15.1. The summed E-state index contributed by atoms with van der Waals surface area (Å²) in [7, 11) is 0. The molecule has 1 aliphatic heterocycles. The molecule has 0 aromatic heterocycles. The van der Waals surface area contributed by atoms with Gasteiger partial charge < -0.3 is 10.2 Å². The van der Waals surface area contributed by atoms with Gasteiger partial charge in [0.25, 0.3) is 0 Å². The normalized spacial score (nSPS) is 19.4. The van der Waals surface area contributed by atoms with E-state index in [-0.39, 0.29) is 0 Å². The van der Waals surface area contributed by atoms with Gasteiger partial charge in [0.15, 0.2) is 0 Å². The molecule has 2 rings (SSSR count). The Kier molecular flexibility index (Phi) is 5.55. The summed E-state index contributed by atoms with van der Waals surface area (Å²) >= 11 is 9.68. The van der Waals surface area contributed by atoms with Crippen molar-refractivity contribution >= 4 is 33.2 Å². The fraction of sp³-hybridized carbons (Fsp3) is 0.600. The minimum absolute atomic E-state index is 0.480. The lowest BCUT2D eigenvalue weighted by atomic mass is 9.90. The van der Waals surface area contributed by atoms with E-state index in [4.69, 9.17) is 11.6 Å². The lowest BCUT2D eigenvalue weighted by Gasteiger charge is -2.35. The number of rotatable bonds is 4. The minimum atomic E-state index is 0.480. The van der Waals surface area contributed by atoms with Crippen LogP contribution in [0.1, 0.15) is 26.7 Å². The van der Waals surface area contributed by atoms with Crippen LogP contribution in [0.4, 0.5) is 5.69 Å². The molecule has 0 bridgehead atoms. The van der Waals surface area contributed by atoms with Gasteiger partial charge in [-0.1, -0.05) is 24.6 Å². The summed E-state index contributed by atoms with van der Waals surface area (Å²) in [5.74, 6) is 0.744. The molecule has 4 heteroatoms. The number of hydrogen-bond donors (Lipinski definition) is 1. The Bertz CT molecular complexity index is 417. The van der Waals surface area contributed by atoms with Crippen molar-refractivity contribution < 1.29 is 0 Å². The van der Waals surface area contributed by atoms with E-state index < -0.39 is 0 Å². The Morgan fingerprint density at radius 1 is 1.42 bits per heavy atom. The maximum atomic E-state index is 6.13. The van der Waals surface area contributed by atoms with Gasteiger partial charge >= 0.3 is 0 Å². The predicted octanol–water partition coefficient (Wildman–Crippen LogP) is 4.63. The fourth-order valence-electron chi connectivity index (χ4n) is 2.75. The van der Waals surface area contributed by atoms with Gasteiger partial charge in [0, 0.05) is 6.04 Å². The van der Waals surface area contributed by atoms with Crippen molar-refractivity contribution in [3.63, 3.8) is 0 Å². The van der Waals surface area contributed by atoms with Crippen LogP contribution in [-0.2, 0) is 0 Å². The number of hydrogen-bond acceptors (Lipinski definition) is 2. The molecule has 0 saturated carbocycles. The Labute approximate surface area is 129 Å². The zero-order valence-electron chi connectivity index (χ0n) is 11.6. The molecule has 1 aliphatic rings. The van der Waals surface area contributed by atoms with Gasteiger partial charge in [0.05, 0.1) is 15.2 Å². The second kappa shape index (κ2) is 6.96. The molecule has 1 aromatic carbocycles. The molecule has 1 atom stereocenters. The lowest BCUT2D eigenvalue weighted by Crippen LogP contribution is -2.39. The number of anilines is 1. The molecule has 106 valence electrons. The van der Waals surface area contributed by atoms with E-state index in [1.165, 1.54) is 32.5 Å². The Balaban J connectivity index is 1.94. The number of benzene rings is 1. The maximum Gasteiger partial charge on any atom is 0.0593 e. The van der Waals surface area contributed by atoms with Crippen LogP contribution in [0, 0.1) is 5.92 Å². The van der Waals surface area contributed by atoms with E-state index in [2.05, 4.69) is 46.1 Å². The summed E-state index contributed by atoms with van der Waals surface area (Å²) in [4.78, 5) is 2.53. The van der Waals surface area contributed by atoms with Crippen LogP contribution >= 0.6 is 27.5 Å². The lowest BCUT2D eigenvalue weighted by molar-refractivity contribution is 0.183. The average Bonchev–Trinajstić information content (AvgIpc) is 2.44. The molecule has 1 aromatic rings. The monoisotopic (exact) mass is 344 g/mol. The van der Waals surface area contributed by atoms with Gasteiger partial charge in [0.2, 0.25) is 0 Å². The highest BCUT2D eigenvalue weighted by Crippen LogP contribution is 2.32. The van der Waals surface area contributed by atoms with Gasteiger partial charge in [-0.25, -0.2) is 0 Å². The topological polar surface area (TPSA) is 15.3 Å². The van der Waals surface area contributed by atoms with Gasteiger partial charge in [0.1, 0.15) is 0 Å². The van der Waals surface area contributed by atoms with Gasteiger partial charge in [-0.15, -0.1) is 0 Å². The van der Waals surface area contributed by atoms with Crippen molar-refractivity contribution in [2.45, 2.75) is 32.7 Å². The molecule has 1 saturated heterocycles. The molecule has 1 heterocycles. The first-order chi connectivity index (χ1) is 9.11. The second-order valence-corrected chi connectivity index (χ2v) is 6.51. The zero-order chi connectivity index (χ0) is 13.8. The number of halogens is 2. The average molecular weight is 346 g/mol. The molecule has 2 nitrogen and oxygen atoms in total. The van der Waals surface area contributed by atoms with Crippen LogP contribution in [0.2, 0.25) is 5.02 Å². The molecule has 0 spiro atoms. The van der Waals surface area contributed by atoms with Crippen molar-refractivity contribution in [3.8, 4) is 0 Å². The standard InChI is InChI=1S/C15H22BrClN2/c1-3-19-9-7-12(8-10-19)11(2)18-14-6-4-5-13(17)15(14)16/h4-6,11-12,18H,3,7-10H2,1-2H3. The molecule has 1 unspecified atom stereocenters. The molecular formula is C15H22BrClN2. The Morgan fingerprint density at radius 2 is 2.11 bits per heavy atom. The highest BCUT2D eigenvalue weighted by atomic mass is 79.9. The summed E-state index contributed by atoms with van der Waals surface area (Å²) in [5.41, 5.74) is 1.10. The first-order valence-electron chi connectivity index (χ1n) is 7.04. The summed E-state index contributed by atoms with van der Waals surface area (Å²) < 4.78 is 0.967. The van der Waals surface area contributed by atoms with Crippen molar-refractivity contribution in [1.82, 2.24) is 4.90 Å². The third-order valence-electron chi connectivity index (χ3n) is 4.12. The van der Waals surface area contributed by atoms with Gasteiger partial charge in [-0.2, -0.15) is 0 Å². The number of piperidine rings is 1. The summed E-state index contributed by atoms with van der Waals surface area (Å²) in [6, 6.07) is 6.45. The maximum absolute atomic E-state index is 6.13. The van der Waals surface area contributed by atoms with Gasteiger partial charge in [-0.3, -0.25) is 0 Å². The van der Waals surface area contributed by atoms with Crippen molar-refractivity contribution in [2.75, 3.05) is 25.0 Å².